The molecule has 0 aliphatic rings. The van der Waals surface area contributed by atoms with Gasteiger partial charge >= 0.3 is 5.97 Å². The van der Waals surface area contributed by atoms with Gasteiger partial charge in [0.2, 0.25) is 0 Å². The van der Waals surface area contributed by atoms with E-state index in [4.69, 9.17) is 10.5 Å². The second-order valence-corrected chi connectivity index (χ2v) is 5.19. The molecule has 2 rings (SSSR count). The molecule has 4 nitrogen and oxygen atoms in total. The summed E-state index contributed by atoms with van der Waals surface area (Å²) in [5, 5.41) is 3.34. The maximum atomic E-state index is 11.8. The van der Waals surface area contributed by atoms with E-state index in [1.165, 1.54) is 12.7 Å². The number of nitrogens with two attached hydrogens (primary N) is 1. The lowest BCUT2D eigenvalue weighted by molar-refractivity contribution is 0.0602. The highest BCUT2D eigenvalue weighted by molar-refractivity contribution is 5.97. The molecular weight excluding hydrogens is 264 g/mol. The maximum Gasteiger partial charge on any atom is 0.340 e. The van der Waals surface area contributed by atoms with Crippen molar-refractivity contribution >= 4 is 23.0 Å². The number of ether oxygens (including phenoxy) is 1. The molecule has 2 aromatic rings. The first kappa shape index (κ1) is 14.9. The Balaban J connectivity index is 2.43. The van der Waals surface area contributed by atoms with Crippen molar-refractivity contribution in [2.75, 3.05) is 18.2 Å². The molecule has 3 N–H and O–H groups in total. The fraction of sp³-hybridized carbons (Fsp3) is 0.235. The molecule has 110 valence electrons. The molecule has 0 amide bonds. The van der Waals surface area contributed by atoms with Gasteiger partial charge in [-0.05, 0) is 55.7 Å². The van der Waals surface area contributed by atoms with Crippen molar-refractivity contribution in [3.63, 3.8) is 0 Å². The summed E-state index contributed by atoms with van der Waals surface area (Å²) in [5.74, 6) is -0.430. The number of hydrogen-bond acceptors (Lipinski definition) is 4. The first-order chi connectivity index (χ1) is 9.92. The standard InChI is InChI=1S/C17H20N2O2/c1-10-5-6-11(2)15(7-10)19-13-8-12(3)16(18)14(9-13)17(20)21-4/h5-9,19H,18H2,1-4H3. The lowest BCUT2D eigenvalue weighted by Gasteiger charge is -2.14. The van der Waals surface area contributed by atoms with Crippen molar-refractivity contribution in [2.45, 2.75) is 20.8 Å². The van der Waals surface area contributed by atoms with Crippen LogP contribution in [0.4, 0.5) is 17.1 Å². The van der Waals surface area contributed by atoms with Gasteiger partial charge < -0.3 is 15.8 Å². The SMILES string of the molecule is COC(=O)c1cc(Nc2cc(C)ccc2C)cc(C)c1N. The molecular formula is C17H20N2O2. The van der Waals surface area contributed by atoms with Crippen LogP contribution in [-0.2, 0) is 4.74 Å². The van der Waals surface area contributed by atoms with Gasteiger partial charge in [-0.15, -0.1) is 0 Å². The normalized spacial score (nSPS) is 10.3. The minimum Gasteiger partial charge on any atom is -0.465 e. The van der Waals surface area contributed by atoms with Crippen molar-refractivity contribution in [1.82, 2.24) is 0 Å². The molecule has 21 heavy (non-hydrogen) atoms. The Kier molecular flexibility index (Phi) is 4.17. The predicted molar refractivity (Wildman–Crippen MR) is 86.1 cm³/mol. The Morgan fingerprint density at radius 1 is 1.10 bits per heavy atom. The molecule has 0 aromatic heterocycles. The summed E-state index contributed by atoms with van der Waals surface area (Å²) in [6.45, 7) is 5.95. The maximum absolute atomic E-state index is 11.8. The van der Waals surface area contributed by atoms with Crippen LogP contribution in [0.3, 0.4) is 0 Å². The van der Waals surface area contributed by atoms with Crippen molar-refractivity contribution in [3.05, 3.63) is 52.6 Å². The molecule has 0 saturated carbocycles. The number of aryl methyl sites for hydroxylation is 3. The number of anilines is 3. The molecule has 0 fully saturated rings. The number of methoxy groups -OCH3 is 1. The number of benzene rings is 2. The first-order valence-electron chi connectivity index (χ1n) is 6.75. The Morgan fingerprint density at radius 3 is 2.48 bits per heavy atom. The van der Waals surface area contributed by atoms with E-state index < -0.39 is 5.97 Å². The van der Waals surface area contributed by atoms with E-state index in [0.717, 1.165) is 22.5 Å². The van der Waals surface area contributed by atoms with E-state index in [-0.39, 0.29) is 0 Å². The molecule has 0 saturated heterocycles. The van der Waals surface area contributed by atoms with Crippen molar-refractivity contribution in [2.24, 2.45) is 0 Å². The number of carbonyl (C=O) groups is 1. The van der Waals surface area contributed by atoms with Crippen LogP contribution in [-0.4, -0.2) is 13.1 Å². The molecule has 0 spiro atoms. The fourth-order valence-corrected chi connectivity index (χ4v) is 2.18. The average Bonchev–Trinajstić information content (AvgIpc) is 2.45. The van der Waals surface area contributed by atoms with Gasteiger partial charge in [0, 0.05) is 17.1 Å². The van der Waals surface area contributed by atoms with Crippen LogP contribution in [0.5, 0.6) is 0 Å². The van der Waals surface area contributed by atoms with Crippen LogP contribution in [0.25, 0.3) is 0 Å². The summed E-state index contributed by atoms with van der Waals surface area (Å²) in [4.78, 5) is 11.8. The van der Waals surface area contributed by atoms with Gasteiger partial charge in [-0.1, -0.05) is 12.1 Å². The highest BCUT2D eigenvalue weighted by atomic mass is 16.5. The van der Waals surface area contributed by atoms with Crippen molar-refractivity contribution in [3.8, 4) is 0 Å². The third-order valence-corrected chi connectivity index (χ3v) is 3.46. The number of nitrogens with one attached hydrogen (secondary N) is 1. The minimum absolute atomic E-state index is 0.380. The van der Waals surface area contributed by atoms with E-state index in [2.05, 4.69) is 23.5 Å². The molecule has 0 aliphatic carbocycles. The topological polar surface area (TPSA) is 64.3 Å². The van der Waals surface area contributed by atoms with Gasteiger partial charge in [-0.3, -0.25) is 0 Å². The number of hydrogen-bond donors (Lipinski definition) is 2. The van der Waals surface area contributed by atoms with Gasteiger partial charge in [0.05, 0.1) is 12.7 Å². The minimum atomic E-state index is -0.430. The van der Waals surface area contributed by atoms with Crippen LogP contribution < -0.4 is 11.1 Å². The largest absolute Gasteiger partial charge is 0.465 e. The summed E-state index contributed by atoms with van der Waals surface area (Å²) < 4.78 is 4.77. The second-order valence-electron chi connectivity index (χ2n) is 5.19. The summed E-state index contributed by atoms with van der Waals surface area (Å²) in [7, 11) is 1.35. The molecule has 0 heterocycles. The zero-order valence-electron chi connectivity index (χ0n) is 12.8. The molecule has 4 heteroatoms. The monoisotopic (exact) mass is 284 g/mol. The molecule has 2 aromatic carbocycles. The summed E-state index contributed by atoms with van der Waals surface area (Å²) in [6.07, 6.45) is 0. The Hall–Kier alpha value is -2.49. The van der Waals surface area contributed by atoms with Crippen LogP contribution in [0.15, 0.2) is 30.3 Å². The second kappa shape index (κ2) is 5.87. The van der Waals surface area contributed by atoms with E-state index in [9.17, 15) is 4.79 Å². The van der Waals surface area contributed by atoms with E-state index in [0.29, 0.717) is 11.3 Å². The van der Waals surface area contributed by atoms with Gasteiger partial charge in [-0.25, -0.2) is 4.79 Å². The van der Waals surface area contributed by atoms with E-state index in [1.54, 1.807) is 6.07 Å². The summed E-state index contributed by atoms with van der Waals surface area (Å²) >= 11 is 0. The van der Waals surface area contributed by atoms with Crippen LogP contribution in [0.1, 0.15) is 27.0 Å². The molecule has 0 atom stereocenters. The van der Waals surface area contributed by atoms with Gasteiger partial charge in [0.25, 0.3) is 0 Å². The quantitative estimate of drug-likeness (QED) is 0.666. The zero-order chi connectivity index (χ0) is 15.6. The van der Waals surface area contributed by atoms with Gasteiger partial charge in [-0.2, -0.15) is 0 Å². The van der Waals surface area contributed by atoms with E-state index in [1.807, 2.05) is 26.8 Å². The molecule has 0 aliphatic heterocycles. The smallest absolute Gasteiger partial charge is 0.340 e. The number of rotatable bonds is 3. The van der Waals surface area contributed by atoms with Crippen molar-refractivity contribution in [1.29, 1.82) is 0 Å². The number of carbonyl (C=O) groups excluding carboxylic acids is 1. The fourth-order valence-electron chi connectivity index (χ4n) is 2.18. The van der Waals surface area contributed by atoms with Crippen LogP contribution >= 0.6 is 0 Å². The first-order valence-corrected chi connectivity index (χ1v) is 6.75. The third-order valence-electron chi connectivity index (χ3n) is 3.46. The summed E-state index contributed by atoms with van der Waals surface area (Å²) in [6, 6.07) is 9.83. The average molecular weight is 284 g/mol. The highest BCUT2D eigenvalue weighted by Crippen LogP contribution is 2.27. The molecule has 0 bridgehead atoms. The molecule has 0 unspecified atom stereocenters. The Bertz CT molecular complexity index is 693. The number of esters is 1. The van der Waals surface area contributed by atoms with Gasteiger partial charge in [0.15, 0.2) is 0 Å². The Labute approximate surface area is 124 Å². The zero-order valence-corrected chi connectivity index (χ0v) is 12.8. The van der Waals surface area contributed by atoms with Crippen LogP contribution in [0, 0.1) is 20.8 Å². The highest BCUT2D eigenvalue weighted by Gasteiger charge is 2.13. The predicted octanol–water partition coefficient (Wildman–Crippen LogP) is 3.72. The lowest BCUT2D eigenvalue weighted by Crippen LogP contribution is -2.08. The lowest BCUT2D eigenvalue weighted by atomic mass is 10.1. The summed E-state index contributed by atoms with van der Waals surface area (Å²) in [5.41, 5.74) is 11.7. The third kappa shape index (κ3) is 3.16. The number of nitrogen functional groups attached to an aromatic ring is 1. The van der Waals surface area contributed by atoms with Crippen molar-refractivity contribution < 1.29 is 9.53 Å². The van der Waals surface area contributed by atoms with Crippen LogP contribution in [0.2, 0.25) is 0 Å². The van der Waals surface area contributed by atoms with Gasteiger partial charge in [0.1, 0.15) is 0 Å². The Morgan fingerprint density at radius 2 is 1.81 bits per heavy atom. The molecule has 0 radical (unpaired) electrons. The van der Waals surface area contributed by atoms with E-state index >= 15 is 0 Å².